The van der Waals surface area contributed by atoms with Gasteiger partial charge in [-0.1, -0.05) is 15.9 Å². The van der Waals surface area contributed by atoms with Gasteiger partial charge in [-0.3, -0.25) is 0 Å². The van der Waals surface area contributed by atoms with E-state index < -0.39 is 0 Å². The van der Waals surface area contributed by atoms with E-state index in [9.17, 15) is 0 Å². The summed E-state index contributed by atoms with van der Waals surface area (Å²) in [5, 5.41) is 4.36. The summed E-state index contributed by atoms with van der Waals surface area (Å²) >= 11 is 3.43. The molecule has 0 aliphatic rings. The second kappa shape index (κ2) is 5.10. The van der Waals surface area contributed by atoms with Gasteiger partial charge in [-0.2, -0.15) is 0 Å². The Labute approximate surface area is 71.7 Å². The lowest BCUT2D eigenvalue weighted by Gasteiger charge is -2.23. The van der Waals surface area contributed by atoms with Gasteiger partial charge in [0.15, 0.2) is 0 Å². The van der Waals surface area contributed by atoms with Crippen molar-refractivity contribution in [3.8, 4) is 0 Å². The number of halogens is 1. The van der Waals surface area contributed by atoms with Gasteiger partial charge in [-0.15, -0.1) is 0 Å². The molecule has 0 spiro atoms. The first-order valence-electron chi connectivity index (χ1n) is 3.63. The number of hydrogen-bond donors (Lipinski definition) is 2. The molecule has 0 fully saturated rings. The maximum atomic E-state index is 5.35. The number of hydrogen-bond acceptors (Lipinski definition) is 2. The van der Waals surface area contributed by atoms with Crippen molar-refractivity contribution in [1.29, 1.82) is 0 Å². The molecule has 0 aliphatic heterocycles. The number of alkyl halides is 1. The van der Waals surface area contributed by atoms with Crippen molar-refractivity contribution in [2.24, 2.45) is 5.73 Å². The predicted molar refractivity (Wildman–Crippen MR) is 49.5 cm³/mol. The quantitative estimate of drug-likeness (QED) is 0.525. The number of nitrogens with two attached hydrogens (primary N) is 1. The van der Waals surface area contributed by atoms with Crippen LogP contribution < -0.4 is 11.1 Å². The first-order valence-corrected chi connectivity index (χ1v) is 4.75. The summed E-state index contributed by atoms with van der Waals surface area (Å²) in [6.45, 7) is 6.11. The van der Waals surface area contributed by atoms with Crippen LogP contribution >= 0.6 is 15.9 Å². The smallest absolute Gasteiger partial charge is 0.0221 e. The van der Waals surface area contributed by atoms with Crippen LogP contribution in [-0.2, 0) is 0 Å². The Balaban J connectivity index is 3.28. The SMILES string of the molecule is CC(C)(CBr)NCCCN. The van der Waals surface area contributed by atoms with Gasteiger partial charge in [0.2, 0.25) is 0 Å². The van der Waals surface area contributed by atoms with E-state index in [4.69, 9.17) is 5.73 Å². The highest BCUT2D eigenvalue weighted by atomic mass is 79.9. The lowest BCUT2D eigenvalue weighted by molar-refractivity contribution is 0.434. The Hall–Kier alpha value is 0.400. The van der Waals surface area contributed by atoms with E-state index in [0.717, 1.165) is 24.8 Å². The van der Waals surface area contributed by atoms with Crippen molar-refractivity contribution in [2.75, 3.05) is 18.4 Å². The minimum absolute atomic E-state index is 0.204. The van der Waals surface area contributed by atoms with Crippen LogP contribution in [0.3, 0.4) is 0 Å². The summed E-state index contributed by atoms with van der Waals surface area (Å²) in [5.74, 6) is 0. The van der Waals surface area contributed by atoms with E-state index >= 15 is 0 Å². The second-order valence-electron chi connectivity index (χ2n) is 3.09. The average molecular weight is 209 g/mol. The zero-order valence-electron chi connectivity index (χ0n) is 6.78. The van der Waals surface area contributed by atoms with Gasteiger partial charge < -0.3 is 11.1 Å². The lowest BCUT2D eigenvalue weighted by Crippen LogP contribution is -2.41. The van der Waals surface area contributed by atoms with Crippen LogP contribution in [0.15, 0.2) is 0 Å². The third kappa shape index (κ3) is 5.21. The molecule has 0 saturated carbocycles. The Bertz CT molecular complexity index is 83.7. The first kappa shape index (κ1) is 10.4. The summed E-state index contributed by atoms with van der Waals surface area (Å²) in [6, 6.07) is 0. The number of nitrogens with one attached hydrogen (secondary N) is 1. The molecule has 0 aliphatic carbocycles. The monoisotopic (exact) mass is 208 g/mol. The molecule has 0 heterocycles. The Morgan fingerprint density at radius 3 is 2.50 bits per heavy atom. The van der Waals surface area contributed by atoms with Gasteiger partial charge in [0, 0.05) is 10.9 Å². The molecule has 0 amide bonds. The van der Waals surface area contributed by atoms with Gasteiger partial charge in [0.25, 0.3) is 0 Å². The maximum Gasteiger partial charge on any atom is 0.0221 e. The molecule has 0 unspecified atom stereocenters. The van der Waals surface area contributed by atoms with E-state index in [1.807, 2.05) is 0 Å². The van der Waals surface area contributed by atoms with Crippen molar-refractivity contribution < 1.29 is 0 Å². The highest BCUT2D eigenvalue weighted by Crippen LogP contribution is 2.04. The van der Waals surface area contributed by atoms with Crippen LogP contribution in [0.25, 0.3) is 0 Å². The zero-order valence-corrected chi connectivity index (χ0v) is 8.37. The van der Waals surface area contributed by atoms with Crippen LogP contribution in [0.4, 0.5) is 0 Å². The summed E-state index contributed by atoms with van der Waals surface area (Å²) in [5.41, 5.74) is 5.55. The van der Waals surface area contributed by atoms with Crippen LogP contribution in [0.5, 0.6) is 0 Å². The fraction of sp³-hybridized carbons (Fsp3) is 1.00. The minimum atomic E-state index is 0.204. The van der Waals surface area contributed by atoms with Crippen molar-refractivity contribution in [3.05, 3.63) is 0 Å². The first-order chi connectivity index (χ1) is 4.62. The van der Waals surface area contributed by atoms with Crippen molar-refractivity contribution in [3.63, 3.8) is 0 Å². The number of rotatable bonds is 5. The van der Waals surface area contributed by atoms with Crippen molar-refractivity contribution in [2.45, 2.75) is 25.8 Å². The normalized spacial score (nSPS) is 12.0. The average Bonchev–Trinajstić information content (AvgIpc) is 1.89. The Morgan fingerprint density at radius 2 is 2.10 bits per heavy atom. The third-order valence-electron chi connectivity index (χ3n) is 1.32. The molecule has 2 nitrogen and oxygen atoms in total. The molecule has 0 rings (SSSR count). The van der Waals surface area contributed by atoms with Crippen molar-refractivity contribution >= 4 is 15.9 Å². The molecular weight excluding hydrogens is 192 g/mol. The third-order valence-corrected chi connectivity index (χ3v) is 2.72. The van der Waals surface area contributed by atoms with Crippen LogP contribution in [0.2, 0.25) is 0 Å². The van der Waals surface area contributed by atoms with Crippen molar-refractivity contribution in [1.82, 2.24) is 5.32 Å². The van der Waals surface area contributed by atoms with Gasteiger partial charge in [0.05, 0.1) is 0 Å². The molecule has 0 bridgehead atoms. The topological polar surface area (TPSA) is 38.0 Å². The Kier molecular flexibility index (Phi) is 5.31. The van der Waals surface area contributed by atoms with Crippen LogP contribution in [-0.4, -0.2) is 24.0 Å². The van der Waals surface area contributed by atoms with E-state index in [0.29, 0.717) is 0 Å². The highest BCUT2D eigenvalue weighted by Gasteiger charge is 2.12. The van der Waals surface area contributed by atoms with Gasteiger partial charge in [-0.25, -0.2) is 0 Å². The van der Waals surface area contributed by atoms with Gasteiger partial charge >= 0.3 is 0 Å². The molecule has 3 heteroatoms. The summed E-state index contributed by atoms with van der Waals surface area (Å²) in [7, 11) is 0. The molecule has 0 atom stereocenters. The summed E-state index contributed by atoms with van der Waals surface area (Å²) in [6.07, 6.45) is 1.05. The van der Waals surface area contributed by atoms with E-state index in [1.54, 1.807) is 0 Å². The largest absolute Gasteiger partial charge is 0.330 e. The lowest BCUT2D eigenvalue weighted by atomic mass is 10.1. The van der Waals surface area contributed by atoms with E-state index in [2.05, 4.69) is 35.1 Å². The Morgan fingerprint density at radius 1 is 1.50 bits per heavy atom. The molecule has 0 aromatic rings. The van der Waals surface area contributed by atoms with E-state index in [1.165, 1.54) is 0 Å². The summed E-state index contributed by atoms with van der Waals surface area (Å²) < 4.78 is 0. The summed E-state index contributed by atoms with van der Waals surface area (Å²) in [4.78, 5) is 0. The highest BCUT2D eigenvalue weighted by molar-refractivity contribution is 9.09. The molecule has 0 radical (unpaired) electrons. The zero-order chi connectivity index (χ0) is 8.04. The molecule has 0 aromatic heterocycles. The molecule has 62 valence electrons. The van der Waals surface area contributed by atoms with Crippen LogP contribution in [0, 0.1) is 0 Å². The molecular formula is C7H17BrN2. The van der Waals surface area contributed by atoms with Gasteiger partial charge in [-0.05, 0) is 33.4 Å². The molecule has 3 N–H and O–H groups in total. The standard InChI is InChI=1S/C7H17BrN2/c1-7(2,6-8)10-5-3-4-9/h10H,3-6,9H2,1-2H3. The molecule has 0 saturated heterocycles. The van der Waals surface area contributed by atoms with E-state index in [-0.39, 0.29) is 5.54 Å². The fourth-order valence-electron chi connectivity index (χ4n) is 0.576. The molecule has 0 aromatic carbocycles. The predicted octanol–water partition coefficient (Wildman–Crippen LogP) is 1.10. The van der Waals surface area contributed by atoms with Gasteiger partial charge in [0.1, 0.15) is 0 Å². The maximum absolute atomic E-state index is 5.35. The molecule has 10 heavy (non-hydrogen) atoms. The van der Waals surface area contributed by atoms with Crippen LogP contribution in [0.1, 0.15) is 20.3 Å². The fourth-order valence-corrected chi connectivity index (χ4v) is 0.774. The second-order valence-corrected chi connectivity index (χ2v) is 3.65. The minimum Gasteiger partial charge on any atom is -0.330 e.